The number of nitro benzene ring substituents is 2. The maximum Gasteiger partial charge on any atom is 0.297 e. The molecule has 3 aromatic carbocycles. The van der Waals surface area contributed by atoms with Crippen molar-refractivity contribution in [3.63, 3.8) is 0 Å². The smallest absolute Gasteiger partial charge is 0.293 e. The molecular weight excluding hydrogens is 612 g/mol. The maximum atomic E-state index is 13.6. The zero-order chi connectivity index (χ0) is 30.3. The number of nitro groups is 2. The van der Waals surface area contributed by atoms with Crippen LogP contribution in [-0.2, 0) is 19.4 Å². The number of halogens is 1. The molecule has 0 spiro atoms. The van der Waals surface area contributed by atoms with Crippen LogP contribution in [0.2, 0.25) is 5.02 Å². The first kappa shape index (κ1) is 28.7. The quantitative estimate of drug-likeness (QED) is 0.0878. The minimum Gasteiger partial charge on any atom is -0.293 e. The lowest BCUT2D eigenvalue weighted by Gasteiger charge is -2.25. The number of amides is 1. The van der Waals surface area contributed by atoms with E-state index in [2.05, 4.69) is 4.98 Å². The van der Waals surface area contributed by atoms with E-state index in [-0.39, 0.29) is 36.7 Å². The van der Waals surface area contributed by atoms with Gasteiger partial charge >= 0.3 is 0 Å². The number of carbonyl (C=O) groups excluding carboxylic acids is 3. The number of benzene rings is 3. The third-order valence-electron chi connectivity index (χ3n) is 6.44. The van der Waals surface area contributed by atoms with Crippen LogP contribution < -0.4 is 4.90 Å². The van der Waals surface area contributed by atoms with Crippen LogP contribution in [0.25, 0.3) is 0 Å². The summed E-state index contributed by atoms with van der Waals surface area (Å²) in [5.41, 5.74) is -0.553. The number of Topliss-reactive ketones (excluding diaryl/α,β-unsaturated/α-hetero) is 2. The van der Waals surface area contributed by atoms with Crippen LogP contribution in [0.4, 0.5) is 16.5 Å². The van der Waals surface area contributed by atoms with Crippen LogP contribution in [0.3, 0.4) is 0 Å². The Hall–Kier alpha value is -4.86. The van der Waals surface area contributed by atoms with E-state index < -0.39 is 49.1 Å². The Labute approximate surface area is 245 Å². The second kappa shape index (κ2) is 10.8. The molecule has 212 valence electrons. The molecule has 0 radical (unpaired) electrons. The summed E-state index contributed by atoms with van der Waals surface area (Å²) in [5, 5.41) is 22.5. The Kier molecular flexibility index (Phi) is 7.40. The van der Waals surface area contributed by atoms with E-state index in [0.29, 0.717) is 16.4 Å². The van der Waals surface area contributed by atoms with Crippen LogP contribution in [-0.4, -0.2) is 40.7 Å². The van der Waals surface area contributed by atoms with Crippen LogP contribution in [0.5, 0.6) is 0 Å². The lowest BCUT2D eigenvalue weighted by molar-refractivity contribution is -0.385. The minimum atomic E-state index is -4.26. The van der Waals surface area contributed by atoms with Crippen LogP contribution in [0.1, 0.15) is 22.0 Å². The molecule has 1 aliphatic rings. The average molecular weight is 627 g/mol. The first-order chi connectivity index (χ1) is 19.9. The van der Waals surface area contributed by atoms with Crippen molar-refractivity contribution in [1.29, 1.82) is 0 Å². The van der Waals surface area contributed by atoms with Gasteiger partial charge in [-0.05, 0) is 42.0 Å². The summed E-state index contributed by atoms with van der Waals surface area (Å²) in [6.45, 7) is 0. The largest absolute Gasteiger partial charge is 0.297 e. The normalized spacial score (nSPS) is 16.9. The van der Waals surface area contributed by atoms with Gasteiger partial charge in [0.15, 0.2) is 10.9 Å². The van der Waals surface area contributed by atoms with Crippen molar-refractivity contribution in [3.8, 4) is 0 Å². The van der Waals surface area contributed by atoms with Gasteiger partial charge < -0.3 is 0 Å². The zero-order valence-corrected chi connectivity index (χ0v) is 23.2. The molecule has 1 fully saturated rings. The maximum absolute atomic E-state index is 13.6. The Bertz CT molecular complexity index is 1890. The predicted octanol–water partition coefficient (Wildman–Crippen LogP) is 4.60. The van der Waals surface area contributed by atoms with E-state index >= 15 is 0 Å². The first-order valence-corrected chi connectivity index (χ1v) is 14.4. The number of anilines is 1. The fraction of sp³-hybridized carbons (Fsp3) is 0.0769. The van der Waals surface area contributed by atoms with Crippen molar-refractivity contribution in [1.82, 2.24) is 4.98 Å². The molecule has 2 unspecified atom stereocenters. The fourth-order valence-electron chi connectivity index (χ4n) is 4.45. The molecular formula is C26H15ClN4O9S2. The molecule has 4 aromatic rings. The van der Waals surface area contributed by atoms with Gasteiger partial charge in [0.2, 0.25) is 15.6 Å². The van der Waals surface area contributed by atoms with E-state index in [1.165, 1.54) is 42.5 Å². The van der Waals surface area contributed by atoms with Crippen molar-refractivity contribution in [2.24, 2.45) is 5.92 Å². The molecule has 0 aliphatic carbocycles. The minimum absolute atomic E-state index is 0.0587. The molecule has 0 N–H and O–H groups in total. The van der Waals surface area contributed by atoms with Gasteiger partial charge in [-0.1, -0.05) is 35.1 Å². The molecule has 16 heteroatoms. The van der Waals surface area contributed by atoms with Gasteiger partial charge in [0.05, 0.1) is 27.0 Å². The lowest BCUT2D eigenvalue weighted by atomic mass is 9.86. The van der Waals surface area contributed by atoms with E-state index in [1.54, 1.807) is 0 Å². The Morgan fingerprint density at radius 3 is 2.19 bits per heavy atom. The average Bonchev–Trinajstić information content (AvgIpc) is 3.56. The second-order valence-electron chi connectivity index (χ2n) is 8.90. The number of hydrogen-bond donors (Lipinski definition) is 0. The van der Waals surface area contributed by atoms with E-state index in [1.807, 2.05) is 0 Å². The van der Waals surface area contributed by atoms with Crippen molar-refractivity contribution in [3.05, 3.63) is 115 Å². The molecule has 1 amide bonds. The monoisotopic (exact) mass is 626 g/mol. The molecule has 1 aromatic heterocycles. The predicted molar refractivity (Wildman–Crippen MR) is 148 cm³/mol. The van der Waals surface area contributed by atoms with Gasteiger partial charge in [-0.2, -0.15) is 0 Å². The Morgan fingerprint density at radius 2 is 1.57 bits per heavy atom. The molecule has 5 rings (SSSR count). The number of thiazole rings is 1. The highest BCUT2D eigenvalue weighted by molar-refractivity contribution is 7.93. The van der Waals surface area contributed by atoms with Gasteiger partial charge in [-0.3, -0.25) is 39.5 Å². The molecule has 1 aliphatic heterocycles. The van der Waals surface area contributed by atoms with Crippen molar-refractivity contribution < 1.29 is 32.6 Å². The molecule has 0 bridgehead atoms. The topological polar surface area (TPSA) is 188 Å². The SMILES string of the molecule is O=C1C(=O)N(c2ncc(S(=O)(=O)c3ccc([N+](=O)[O-])cc3)s2)C(c2cccc([N+](=O)[O-])c2)C1C(=O)c1ccc(Cl)cc1. The van der Waals surface area contributed by atoms with Crippen molar-refractivity contribution in [2.45, 2.75) is 15.1 Å². The number of non-ortho nitro benzene ring substituents is 2. The van der Waals surface area contributed by atoms with Crippen molar-refractivity contribution in [2.75, 3.05) is 4.90 Å². The highest BCUT2D eigenvalue weighted by Crippen LogP contribution is 2.44. The van der Waals surface area contributed by atoms with Gasteiger partial charge in [0.25, 0.3) is 17.3 Å². The number of rotatable bonds is 8. The lowest BCUT2D eigenvalue weighted by Crippen LogP contribution is -2.30. The summed E-state index contributed by atoms with van der Waals surface area (Å²) >= 11 is 6.44. The van der Waals surface area contributed by atoms with Crippen molar-refractivity contribution >= 4 is 66.8 Å². The molecule has 42 heavy (non-hydrogen) atoms. The molecule has 2 atom stereocenters. The standard InChI is InChI=1S/C26H15ClN4O9S2/c27-16-6-4-14(5-7-16)23(32)21-22(15-2-1-3-18(12-15)31(37)38)29(25(34)24(21)33)26-28-13-20(41-26)42(39,40)19-10-8-17(9-11-19)30(35)36/h1-13,21-22H. The third kappa shape index (κ3) is 5.04. The Morgan fingerprint density at radius 1 is 0.929 bits per heavy atom. The van der Waals surface area contributed by atoms with E-state index in [4.69, 9.17) is 11.6 Å². The highest BCUT2D eigenvalue weighted by Gasteiger charge is 2.53. The third-order valence-corrected chi connectivity index (χ3v) is 9.92. The summed E-state index contributed by atoms with van der Waals surface area (Å²) < 4.78 is 26.1. The number of carbonyl (C=O) groups is 3. The highest BCUT2D eigenvalue weighted by atomic mass is 35.5. The first-order valence-electron chi connectivity index (χ1n) is 11.8. The number of nitrogens with zero attached hydrogens (tertiary/aromatic N) is 4. The second-order valence-corrected chi connectivity index (χ2v) is 12.5. The number of sulfone groups is 1. The zero-order valence-electron chi connectivity index (χ0n) is 20.8. The molecule has 13 nitrogen and oxygen atoms in total. The van der Waals surface area contributed by atoms with Crippen LogP contribution in [0.15, 0.2) is 88.1 Å². The summed E-state index contributed by atoms with van der Waals surface area (Å²) in [4.78, 5) is 66.0. The number of ketones is 2. The fourth-order valence-corrected chi connectivity index (χ4v) is 7.13. The van der Waals surface area contributed by atoms with Crippen LogP contribution in [0, 0.1) is 26.1 Å². The van der Waals surface area contributed by atoms with E-state index in [0.717, 1.165) is 41.4 Å². The molecule has 2 heterocycles. The van der Waals surface area contributed by atoms with Crippen LogP contribution >= 0.6 is 22.9 Å². The van der Waals surface area contributed by atoms with Gasteiger partial charge in [-0.15, -0.1) is 0 Å². The van der Waals surface area contributed by atoms with Gasteiger partial charge in [-0.25, -0.2) is 13.4 Å². The summed E-state index contributed by atoms with van der Waals surface area (Å²) in [6, 6.07) is 13.4. The number of hydrogen-bond acceptors (Lipinski definition) is 11. The van der Waals surface area contributed by atoms with Gasteiger partial charge in [0.1, 0.15) is 10.1 Å². The summed E-state index contributed by atoms with van der Waals surface area (Å²) in [6.07, 6.45) is 0.952. The molecule has 1 saturated heterocycles. The van der Waals surface area contributed by atoms with E-state index in [9.17, 15) is 43.0 Å². The Balaban J connectivity index is 1.60. The summed E-state index contributed by atoms with van der Waals surface area (Å²) in [7, 11) is -4.26. The van der Waals surface area contributed by atoms with Gasteiger partial charge in [0, 0.05) is 34.9 Å². The molecule has 0 saturated carbocycles. The number of aromatic nitrogens is 1. The summed E-state index contributed by atoms with van der Waals surface area (Å²) in [5.74, 6) is -4.66.